The Morgan fingerprint density at radius 1 is 0.903 bits per heavy atom. The number of para-hydroxylation sites is 2. The molecule has 3 aromatic heterocycles. The molecule has 0 saturated carbocycles. The van der Waals surface area contributed by atoms with E-state index in [0.717, 1.165) is 23.0 Å². The molecule has 31 heavy (non-hydrogen) atoms. The minimum atomic E-state index is -0.0471. The van der Waals surface area contributed by atoms with Gasteiger partial charge in [0.2, 0.25) is 0 Å². The molecular formula is C25H25N5O. The number of aromatic nitrogens is 5. The third-order valence-corrected chi connectivity index (χ3v) is 6.07. The zero-order chi connectivity index (χ0) is 21.7. The van der Waals surface area contributed by atoms with Crippen LogP contribution >= 0.6 is 0 Å². The van der Waals surface area contributed by atoms with Crippen LogP contribution in [0.4, 0.5) is 0 Å². The summed E-state index contributed by atoms with van der Waals surface area (Å²) in [5, 5.41) is 0.547. The molecular weight excluding hydrogens is 386 g/mol. The van der Waals surface area contributed by atoms with Crippen LogP contribution in [0.1, 0.15) is 43.3 Å². The molecule has 5 rings (SSSR count). The monoisotopic (exact) mass is 411 g/mol. The highest BCUT2D eigenvalue weighted by molar-refractivity contribution is 6.04. The van der Waals surface area contributed by atoms with Gasteiger partial charge in [-0.25, -0.2) is 15.0 Å². The Morgan fingerprint density at radius 2 is 1.58 bits per heavy atom. The molecule has 0 saturated heterocycles. The Kier molecular flexibility index (Phi) is 4.58. The van der Waals surface area contributed by atoms with E-state index in [9.17, 15) is 4.79 Å². The largest absolute Gasteiger partial charge is 0.304 e. The van der Waals surface area contributed by atoms with Gasteiger partial charge in [0.15, 0.2) is 11.3 Å². The van der Waals surface area contributed by atoms with E-state index in [1.54, 1.807) is 4.57 Å². The third-order valence-electron chi connectivity index (χ3n) is 6.07. The Balaban J connectivity index is 1.89. The number of hydrogen-bond acceptors (Lipinski definition) is 4. The van der Waals surface area contributed by atoms with E-state index in [2.05, 4.69) is 45.0 Å². The molecule has 0 N–H and O–H groups in total. The zero-order valence-electron chi connectivity index (χ0n) is 18.3. The van der Waals surface area contributed by atoms with Crippen LogP contribution in [0.2, 0.25) is 0 Å². The van der Waals surface area contributed by atoms with E-state index in [-0.39, 0.29) is 11.6 Å². The van der Waals surface area contributed by atoms with Crippen LogP contribution in [0, 0.1) is 13.8 Å². The Bertz CT molecular complexity index is 1490. The number of benzene rings is 2. The smallest absolute Gasteiger partial charge is 0.265 e. The van der Waals surface area contributed by atoms with Crippen LogP contribution in [0.15, 0.2) is 53.3 Å². The summed E-state index contributed by atoms with van der Waals surface area (Å²) >= 11 is 0. The van der Waals surface area contributed by atoms with E-state index in [1.807, 2.05) is 35.8 Å². The molecule has 0 aliphatic carbocycles. The molecule has 0 radical (unpaired) electrons. The first-order chi connectivity index (χ1) is 15.0. The average Bonchev–Trinajstić information content (AvgIpc) is 3.05. The minimum Gasteiger partial charge on any atom is -0.304 e. The summed E-state index contributed by atoms with van der Waals surface area (Å²) in [4.78, 5) is 28.3. The second-order valence-corrected chi connectivity index (χ2v) is 8.25. The summed E-state index contributed by atoms with van der Waals surface area (Å²) in [5.41, 5.74) is 5.84. The average molecular weight is 412 g/mol. The van der Waals surface area contributed by atoms with Crippen molar-refractivity contribution in [1.29, 1.82) is 0 Å². The van der Waals surface area contributed by atoms with Gasteiger partial charge in [-0.2, -0.15) is 0 Å². The molecule has 1 atom stereocenters. The number of nitrogens with zero attached hydrogens (tertiary/aromatic N) is 5. The first-order valence-electron chi connectivity index (χ1n) is 10.7. The lowest BCUT2D eigenvalue weighted by molar-refractivity contribution is 0.496. The van der Waals surface area contributed by atoms with Gasteiger partial charge in [0, 0.05) is 6.04 Å². The third kappa shape index (κ3) is 3.10. The SMILES string of the molecule is CCC(C)n1c(C)nc2c(c1=O)c1nc3ccccc3nc1n2Cc1ccc(C)cc1. The van der Waals surface area contributed by atoms with Crippen LogP contribution in [-0.2, 0) is 6.54 Å². The molecule has 3 heterocycles. The van der Waals surface area contributed by atoms with Gasteiger partial charge in [0.1, 0.15) is 16.7 Å². The summed E-state index contributed by atoms with van der Waals surface area (Å²) in [6, 6.07) is 16.2. The molecule has 6 nitrogen and oxygen atoms in total. The van der Waals surface area contributed by atoms with Crippen molar-refractivity contribution in [2.75, 3.05) is 0 Å². The van der Waals surface area contributed by atoms with Crippen molar-refractivity contribution in [1.82, 2.24) is 24.1 Å². The molecule has 0 spiro atoms. The molecule has 0 fully saturated rings. The lowest BCUT2D eigenvalue weighted by Gasteiger charge is -2.16. The summed E-state index contributed by atoms with van der Waals surface area (Å²) in [6.07, 6.45) is 0.852. The van der Waals surface area contributed by atoms with Crippen molar-refractivity contribution in [2.24, 2.45) is 0 Å². The number of hydrogen-bond donors (Lipinski definition) is 0. The van der Waals surface area contributed by atoms with Crippen LogP contribution < -0.4 is 5.56 Å². The highest BCUT2D eigenvalue weighted by atomic mass is 16.1. The summed E-state index contributed by atoms with van der Waals surface area (Å²) < 4.78 is 3.82. The molecule has 0 amide bonds. The van der Waals surface area contributed by atoms with Crippen molar-refractivity contribution >= 4 is 33.2 Å². The quantitative estimate of drug-likeness (QED) is 0.421. The number of rotatable bonds is 4. The lowest BCUT2D eigenvalue weighted by atomic mass is 10.1. The highest BCUT2D eigenvalue weighted by Crippen LogP contribution is 2.27. The molecule has 6 heteroatoms. The summed E-state index contributed by atoms with van der Waals surface area (Å²) in [5.74, 6) is 0.712. The van der Waals surface area contributed by atoms with Crippen LogP contribution in [0.5, 0.6) is 0 Å². The van der Waals surface area contributed by atoms with Gasteiger partial charge in [-0.1, -0.05) is 48.9 Å². The first kappa shape index (κ1) is 19.4. The lowest BCUT2D eigenvalue weighted by Crippen LogP contribution is -2.26. The van der Waals surface area contributed by atoms with Gasteiger partial charge in [0.25, 0.3) is 5.56 Å². The molecule has 1 unspecified atom stereocenters. The van der Waals surface area contributed by atoms with Gasteiger partial charge in [-0.15, -0.1) is 0 Å². The Morgan fingerprint density at radius 3 is 2.26 bits per heavy atom. The molecule has 0 aliphatic heterocycles. The van der Waals surface area contributed by atoms with E-state index in [4.69, 9.17) is 15.0 Å². The van der Waals surface area contributed by atoms with Crippen molar-refractivity contribution < 1.29 is 0 Å². The van der Waals surface area contributed by atoms with E-state index in [0.29, 0.717) is 34.6 Å². The molecule has 0 bridgehead atoms. The zero-order valence-corrected chi connectivity index (χ0v) is 18.3. The first-order valence-corrected chi connectivity index (χ1v) is 10.7. The Hall–Kier alpha value is -3.54. The van der Waals surface area contributed by atoms with Gasteiger partial charge >= 0.3 is 0 Å². The number of aryl methyl sites for hydroxylation is 2. The van der Waals surface area contributed by atoms with Crippen LogP contribution in [-0.4, -0.2) is 24.1 Å². The summed E-state index contributed by atoms with van der Waals surface area (Å²) in [6.45, 7) is 8.68. The normalized spacial score (nSPS) is 12.8. The second kappa shape index (κ2) is 7.30. The maximum Gasteiger partial charge on any atom is 0.265 e. The van der Waals surface area contributed by atoms with Gasteiger partial charge < -0.3 is 4.57 Å². The summed E-state index contributed by atoms with van der Waals surface area (Å²) in [7, 11) is 0. The molecule has 5 aromatic rings. The predicted molar refractivity (Wildman–Crippen MR) is 125 cm³/mol. The minimum absolute atomic E-state index is 0.0471. The highest BCUT2D eigenvalue weighted by Gasteiger charge is 2.22. The van der Waals surface area contributed by atoms with E-state index < -0.39 is 0 Å². The van der Waals surface area contributed by atoms with Gasteiger partial charge in [-0.3, -0.25) is 9.36 Å². The van der Waals surface area contributed by atoms with E-state index >= 15 is 0 Å². The molecule has 2 aromatic carbocycles. The Labute approximate surface area is 180 Å². The number of fused-ring (bicyclic) bond motifs is 4. The van der Waals surface area contributed by atoms with Crippen LogP contribution in [0.3, 0.4) is 0 Å². The maximum atomic E-state index is 13.7. The fourth-order valence-electron chi connectivity index (χ4n) is 4.20. The van der Waals surface area contributed by atoms with Crippen LogP contribution in [0.25, 0.3) is 33.2 Å². The molecule has 0 aliphatic rings. The maximum absolute atomic E-state index is 13.7. The fraction of sp³-hybridized carbons (Fsp3) is 0.280. The second-order valence-electron chi connectivity index (χ2n) is 8.25. The fourth-order valence-corrected chi connectivity index (χ4v) is 4.20. The van der Waals surface area contributed by atoms with Crippen molar-refractivity contribution in [3.63, 3.8) is 0 Å². The predicted octanol–water partition coefficient (Wildman–Crippen LogP) is 4.93. The van der Waals surface area contributed by atoms with Crippen molar-refractivity contribution in [2.45, 2.75) is 46.7 Å². The van der Waals surface area contributed by atoms with Gasteiger partial charge in [0.05, 0.1) is 17.6 Å². The van der Waals surface area contributed by atoms with E-state index in [1.165, 1.54) is 5.56 Å². The van der Waals surface area contributed by atoms with Crippen molar-refractivity contribution in [3.8, 4) is 0 Å². The standard InChI is InChI=1S/C25H25N5O/c1-5-16(3)30-17(4)26-23-21(25(30)31)22-24(28-20-9-7-6-8-19(20)27-22)29(23)14-18-12-10-15(2)11-13-18/h6-13,16H,5,14H2,1-4H3. The topological polar surface area (TPSA) is 65.6 Å². The van der Waals surface area contributed by atoms with Gasteiger partial charge in [-0.05, 0) is 44.9 Å². The van der Waals surface area contributed by atoms with Crippen molar-refractivity contribution in [3.05, 3.63) is 75.8 Å². The molecule has 156 valence electrons.